The van der Waals surface area contributed by atoms with E-state index < -0.39 is 21.9 Å². The molecule has 1 fully saturated rings. The average Bonchev–Trinajstić information content (AvgIpc) is 2.91. The number of carbonyl (C=O) groups is 2. The third-order valence-corrected chi connectivity index (χ3v) is 4.72. The van der Waals surface area contributed by atoms with Gasteiger partial charge in [0.1, 0.15) is 6.07 Å². The molecule has 0 bridgehead atoms. The van der Waals surface area contributed by atoms with Gasteiger partial charge in [0.05, 0.1) is 16.9 Å². The van der Waals surface area contributed by atoms with Crippen molar-refractivity contribution in [2.24, 2.45) is 4.99 Å². The van der Waals surface area contributed by atoms with Crippen molar-refractivity contribution in [2.75, 3.05) is 17.3 Å². The van der Waals surface area contributed by atoms with Crippen LogP contribution < -0.4 is 10.2 Å². The molecule has 29 heavy (non-hydrogen) atoms. The average molecular weight is 451 g/mol. The van der Waals surface area contributed by atoms with Gasteiger partial charge in [-0.3, -0.25) is 9.69 Å². The Balaban J connectivity index is 2.07. The molecule has 0 aliphatic carbocycles. The van der Waals surface area contributed by atoms with Crippen molar-refractivity contribution in [2.45, 2.75) is 9.96 Å². The van der Waals surface area contributed by atoms with Crippen molar-refractivity contribution < 1.29 is 9.59 Å². The van der Waals surface area contributed by atoms with Crippen molar-refractivity contribution >= 4 is 64.0 Å². The number of anilines is 2. The molecular weight excluding hydrogens is 437 g/mol. The number of para-hydroxylation sites is 2. The van der Waals surface area contributed by atoms with Gasteiger partial charge in [0.2, 0.25) is 9.63 Å². The normalized spacial score (nSPS) is 16.9. The zero-order valence-electron chi connectivity index (χ0n) is 15.0. The van der Waals surface area contributed by atoms with Crippen LogP contribution in [0.5, 0.6) is 0 Å². The fraction of sp³-hybridized carbons (Fsp3) is 0.158. The van der Waals surface area contributed by atoms with E-state index in [4.69, 9.17) is 34.8 Å². The Labute approximate surface area is 182 Å². The molecule has 1 N–H and O–H groups in total. The SMILES string of the molecule is CN1C(=O)C(=NC(Nc2ccccc2C#N)C(Cl)(Cl)Cl)N(c2ccccc2)C1=O. The van der Waals surface area contributed by atoms with Gasteiger partial charge in [-0.1, -0.05) is 65.1 Å². The molecule has 1 aliphatic heterocycles. The molecule has 1 saturated heterocycles. The number of urea groups is 1. The summed E-state index contributed by atoms with van der Waals surface area (Å²) in [6, 6.07) is 16.5. The summed E-state index contributed by atoms with van der Waals surface area (Å²) in [7, 11) is 1.34. The number of hydrogen-bond donors (Lipinski definition) is 1. The number of amidine groups is 1. The first-order valence-electron chi connectivity index (χ1n) is 8.31. The molecule has 2 aromatic carbocycles. The van der Waals surface area contributed by atoms with Gasteiger partial charge in [0.25, 0.3) is 5.91 Å². The number of aliphatic imine (C=N–C) groups is 1. The standard InChI is InChI=1S/C19H14Cl3N5O2/c1-26-16(28)15(27(18(26)29)13-8-3-2-4-9-13)25-17(19(20,21)22)24-14-10-6-5-7-12(14)11-23/h2-10,17,24H,1H3. The van der Waals surface area contributed by atoms with Gasteiger partial charge in [-0.15, -0.1) is 0 Å². The van der Waals surface area contributed by atoms with Crippen LogP contribution in [0.3, 0.4) is 0 Å². The Morgan fingerprint density at radius 2 is 1.69 bits per heavy atom. The van der Waals surface area contributed by atoms with E-state index in [1.807, 2.05) is 6.07 Å². The second kappa shape index (κ2) is 8.29. The second-order valence-electron chi connectivity index (χ2n) is 6.02. The summed E-state index contributed by atoms with van der Waals surface area (Å²) >= 11 is 18.3. The summed E-state index contributed by atoms with van der Waals surface area (Å²) in [5.41, 5.74) is 1.11. The van der Waals surface area contributed by atoms with Gasteiger partial charge in [-0.2, -0.15) is 5.26 Å². The molecule has 148 valence electrons. The number of alkyl halides is 3. The lowest BCUT2D eigenvalue weighted by molar-refractivity contribution is -0.119. The topological polar surface area (TPSA) is 88.8 Å². The van der Waals surface area contributed by atoms with E-state index in [9.17, 15) is 14.9 Å². The van der Waals surface area contributed by atoms with Crippen molar-refractivity contribution in [1.82, 2.24) is 4.90 Å². The molecule has 7 nitrogen and oxygen atoms in total. The van der Waals surface area contributed by atoms with Crippen LogP contribution in [0.1, 0.15) is 5.56 Å². The molecule has 0 aromatic heterocycles. The van der Waals surface area contributed by atoms with Crippen LogP contribution >= 0.6 is 34.8 Å². The van der Waals surface area contributed by atoms with E-state index >= 15 is 0 Å². The molecule has 3 amide bonds. The lowest BCUT2D eigenvalue weighted by Crippen LogP contribution is -2.38. The molecule has 0 saturated carbocycles. The first kappa shape index (κ1) is 20.9. The van der Waals surface area contributed by atoms with E-state index in [0.717, 1.165) is 9.80 Å². The quantitative estimate of drug-likeness (QED) is 0.559. The summed E-state index contributed by atoms with van der Waals surface area (Å²) in [6.45, 7) is 0. The number of hydrogen-bond acceptors (Lipinski definition) is 5. The highest BCUT2D eigenvalue weighted by Gasteiger charge is 2.43. The van der Waals surface area contributed by atoms with E-state index in [1.54, 1.807) is 54.6 Å². The number of rotatable bonds is 4. The Kier molecular flexibility index (Phi) is 5.99. The van der Waals surface area contributed by atoms with E-state index in [1.165, 1.54) is 7.05 Å². The molecular formula is C19H14Cl3N5O2. The van der Waals surface area contributed by atoms with Crippen LogP contribution in [0.25, 0.3) is 0 Å². The fourth-order valence-electron chi connectivity index (χ4n) is 2.66. The van der Waals surface area contributed by atoms with Crippen molar-refractivity contribution in [3.8, 4) is 6.07 Å². The van der Waals surface area contributed by atoms with Crippen LogP contribution in [0.2, 0.25) is 0 Å². The minimum Gasteiger partial charge on any atom is -0.359 e. The maximum Gasteiger partial charge on any atom is 0.337 e. The first-order chi connectivity index (χ1) is 13.7. The van der Waals surface area contributed by atoms with E-state index in [-0.39, 0.29) is 5.84 Å². The number of nitrogens with zero attached hydrogens (tertiary/aromatic N) is 4. The minimum atomic E-state index is -1.98. The van der Waals surface area contributed by atoms with Gasteiger partial charge in [0.15, 0.2) is 6.17 Å². The second-order valence-corrected chi connectivity index (χ2v) is 8.39. The number of imide groups is 1. The maximum absolute atomic E-state index is 12.7. The van der Waals surface area contributed by atoms with E-state index in [2.05, 4.69) is 10.3 Å². The number of nitrogens with one attached hydrogen (secondary N) is 1. The predicted molar refractivity (Wildman–Crippen MR) is 113 cm³/mol. The summed E-state index contributed by atoms with van der Waals surface area (Å²) in [5.74, 6) is -0.851. The number of likely N-dealkylation sites (N-methyl/N-ethyl adjacent to an activating group) is 1. The molecule has 1 atom stereocenters. The molecule has 0 spiro atoms. The zero-order chi connectivity index (χ0) is 21.2. The minimum absolute atomic E-state index is 0.207. The highest BCUT2D eigenvalue weighted by atomic mass is 35.6. The van der Waals surface area contributed by atoms with Gasteiger partial charge in [-0.05, 0) is 24.3 Å². The van der Waals surface area contributed by atoms with Crippen molar-refractivity contribution in [3.63, 3.8) is 0 Å². The van der Waals surface area contributed by atoms with Gasteiger partial charge < -0.3 is 5.32 Å². The molecule has 0 radical (unpaired) electrons. The Hall–Kier alpha value is -2.79. The number of carbonyl (C=O) groups excluding carboxylic acids is 2. The Bertz CT molecular complexity index is 1010. The third kappa shape index (κ3) is 4.30. The predicted octanol–water partition coefficient (Wildman–Crippen LogP) is 4.16. The van der Waals surface area contributed by atoms with Crippen LogP contribution in [-0.4, -0.2) is 39.7 Å². The summed E-state index contributed by atoms with van der Waals surface area (Å²) in [4.78, 5) is 31.6. The fourth-order valence-corrected chi connectivity index (χ4v) is 2.97. The maximum atomic E-state index is 12.7. The highest BCUT2D eigenvalue weighted by Crippen LogP contribution is 2.35. The molecule has 1 heterocycles. The van der Waals surface area contributed by atoms with E-state index in [0.29, 0.717) is 16.9 Å². The number of halogens is 3. The number of nitriles is 1. The Morgan fingerprint density at radius 1 is 1.07 bits per heavy atom. The van der Waals surface area contributed by atoms with Crippen LogP contribution in [0.15, 0.2) is 59.6 Å². The molecule has 3 rings (SSSR count). The molecule has 10 heteroatoms. The number of amides is 3. The Morgan fingerprint density at radius 3 is 2.31 bits per heavy atom. The third-order valence-electron chi connectivity index (χ3n) is 4.10. The van der Waals surface area contributed by atoms with Crippen molar-refractivity contribution in [1.29, 1.82) is 5.26 Å². The van der Waals surface area contributed by atoms with Gasteiger partial charge >= 0.3 is 6.03 Å². The van der Waals surface area contributed by atoms with Crippen LogP contribution in [-0.2, 0) is 4.79 Å². The van der Waals surface area contributed by atoms with Crippen molar-refractivity contribution in [3.05, 3.63) is 60.2 Å². The molecule has 1 aliphatic rings. The van der Waals surface area contributed by atoms with Crippen LogP contribution in [0.4, 0.5) is 16.2 Å². The smallest absolute Gasteiger partial charge is 0.337 e. The van der Waals surface area contributed by atoms with Gasteiger partial charge in [0, 0.05) is 7.05 Å². The largest absolute Gasteiger partial charge is 0.359 e. The summed E-state index contributed by atoms with van der Waals surface area (Å²) < 4.78 is -1.98. The van der Waals surface area contributed by atoms with Gasteiger partial charge in [-0.25, -0.2) is 14.7 Å². The lowest BCUT2D eigenvalue weighted by Gasteiger charge is -2.25. The molecule has 2 aromatic rings. The summed E-state index contributed by atoms with van der Waals surface area (Å²) in [5, 5.41) is 12.2. The first-order valence-corrected chi connectivity index (χ1v) is 9.45. The zero-order valence-corrected chi connectivity index (χ0v) is 17.3. The highest BCUT2D eigenvalue weighted by molar-refractivity contribution is 6.68. The van der Waals surface area contributed by atoms with Crippen LogP contribution in [0, 0.1) is 11.3 Å². The lowest BCUT2D eigenvalue weighted by atomic mass is 10.2. The summed E-state index contributed by atoms with van der Waals surface area (Å²) in [6.07, 6.45) is -1.26. The molecule has 1 unspecified atom stereocenters. The number of benzene rings is 2. The monoisotopic (exact) mass is 449 g/mol.